The van der Waals surface area contributed by atoms with E-state index in [1.807, 2.05) is 6.07 Å². The van der Waals surface area contributed by atoms with Crippen molar-refractivity contribution < 1.29 is 4.39 Å². The van der Waals surface area contributed by atoms with Gasteiger partial charge < -0.3 is 4.98 Å². The lowest BCUT2D eigenvalue weighted by Crippen LogP contribution is -2.13. The molecule has 1 aromatic carbocycles. The number of rotatable bonds is 1. The van der Waals surface area contributed by atoms with Crippen LogP contribution in [0.4, 0.5) is 4.39 Å². The summed E-state index contributed by atoms with van der Waals surface area (Å²) >= 11 is 1.33. The Bertz CT molecular complexity index is 802. The number of hydrogen-bond donors (Lipinski definition) is 1. The highest BCUT2D eigenvalue weighted by Gasteiger charge is 2.21. The highest BCUT2D eigenvalue weighted by atomic mass is 32.1. The Balaban J connectivity index is 1.92. The predicted molar refractivity (Wildman–Crippen MR) is 72.4 cm³/mol. The van der Waals surface area contributed by atoms with Crippen LogP contribution in [0.5, 0.6) is 0 Å². The fraction of sp³-hybridized carbons (Fsp3) is 0.154. The topological polar surface area (TPSA) is 53.9 Å². The molecule has 0 aliphatic carbocycles. The van der Waals surface area contributed by atoms with E-state index in [-0.39, 0.29) is 5.82 Å². The Labute approximate surface area is 112 Å². The number of fused-ring (bicyclic) bond motifs is 2. The molecule has 2 aromatic heterocycles. The van der Waals surface area contributed by atoms with Gasteiger partial charge in [-0.15, -0.1) is 11.3 Å². The van der Waals surface area contributed by atoms with Crippen LogP contribution in [0.1, 0.15) is 16.4 Å². The molecule has 0 amide bonds. The van der Waals surface area contributed by atoms with Crippen LogP contribution in [0.15, 0.2) is 29.5 Å². The Hall–Kier alpha value is -2.08. The molecule has 94 valence electrons. The highest BCUT2D eigenvalue weighted by Crippen LogP contribution is 2.28. The van der Waals surface area contributed by atoms with Gasteiger partial charge in [0.05, 0.1) is 16.5 Å². The van der Waals surface area contributed by atoms with Crippen LogP contribution in [0, 0.1) is 5.82 Å². The number of halogens is 1. The first-order valence-electron chi connectivity index (χ1n) is 5.95. The zero-order chi connectivity index (χ0) is 12.8. The van der Waals surface area contributed by atoms with E-state index < -0.39 is 0 Å². The third kappa shape index (κ3) is 1.60. The monoisotopic (exact) mass is 272 g/mol. The Morgan fingerprint density at radius 2 is 2.26 bits per heavy atom. The number of H-pyrrole nitrogens is 1. The van der Waals surface area contributed by atoms with Crippen LogP contribution in [0.25, 0.3) is 10.2 Å². The number of aliphatic imine (C=N–C) groups is 1. The smallest absolute Gasteiger partial charge is 0.145 e. The summed E-state index contributed by atoms with van der Waals surface area (Å²) in [6, 6.07) is 4.93. The second-order valence-corrected chi connectivity index (χ2v) is 5.32. The summed E-state index contributed by atoms with van der Waals surface area (Å²) in [7, 11) is 0. The molecule has 0 spiro atoms. The van der Waals surface area contributed by atoms with Gasteiger partial charge in [0, 0.05) is 18.7 Å². The van der Waals surface area contributed by atoms with Crippen molar-refractivity contribution in [3.63, 3.8) is 0 Å². The second kappa shape index (κ2) is 3.96. The SMILES string of the molecule is Fc1cccc2nc(C3=NCCc4[nH]cnc43)sc12. The third-order valence-electron chi connectivity index (χ3n) is 3.14. The largest absolute Gasteiger partial charge is 0.348 e. The van der Waals surface area contributed by atoms with Gasteiger partial charge in [-0.3, -0.25) is 4.99 Å². The van der Waals surface area contributed by atoms with Gasteiger partial charge in [0.1, 0.15) is 22.2 Å². The van der Waals surface area contributed by atoms with Crippen molar-refractivity contribution in [1.82, 2.24) is 15.0 Å². The average Bonchev–Trinajstić information content (AvgIpc) is 3.05. The molecule has 1 aliphatic heterocycles. The van der Waals surface area contributed by atoms with Crippen molar-refractivity contribution in [3.8, 4) is 0 Å². The number of nitrogens with one attached hydrogen (secondary N) is 1. The van der Waals surface area contributed by atoms with Crippen LogP contribution in [0.3, 0.4) is 0 Å². The summed E-state index contributed by atoms with van der Waals surface area (Å²) in [5.41, 5.74) is 3.35. The molecule has 0 unspecified atom stereocenters. The van der Waals surface area contributed by atoms with Crippen LogP contribution in [0.2, 0.25) is 0 Å². The molecule has 3 heterocycles. The number of hydrogen-bond acceptors (Lipinski definition) is 4. The molecule has 6 heteroatoms. The molecule has 0 radical (unpaired) electrons. The minimum atomic E-state index is -0.236. The van der Waals surface area contributed by atoms with E-state index >= 15 is 0 Å². The summed E-state index contributed by atoms with van der Waals surface area (Å²) in [6.45, 7) is 0.711. The Morgan fingerprint density at radius 3 is 3.16 bits per heavy atom. The summed E-state index contributed by atoms with van der Waals surface area (Å²) < 4.78 is 14.3. The third-order valence-corrected chi connectivity index (χ3v) is 4.23. The molecule has 0 saturated heterocycles. The molecule has 4 nitrogen and oxygen atoms in total. The summed E-state index contributed by atoms with van der Waals surface area (Å²) in [6.07, 6.45) is 2.53. The van der Waals surface area contributed by atoms with Crippen molar-refractivity contribution >= 4 is 27.3 Å². The van der Waals surface area contributed by atoms with Gasteiger partial charge >= 0.3 is 0 Å². The number of thiazole rings is 1. The lowest BCUT2D eigenvalue weighted by molar-refractivity contribution is 0.641. The van der Waals surface area contributed by atoms with Crippen LogP contribution in [-0.4, -0.2) is 27.2 Å². The minimum Gasteiger partial charge on any atom is -0.348 e. The molecule has 1 aliphatic rings. The van der Waals surface area contributed by atoms with Gasteiger partial charge in [-0.05, 0) is 12.1 Å². The number of aromatic amines is 1. The summed E-state index contributed by atoms with van der Waals surface area (Å²) in [5, 5.41) is 0.730. The first kappa shape index (κ1) is 10.8. The standard InChI is InChI=1S/C13H9FN4S/c14-7-2-1-3-9-12(7)19-13(18-9)11-10-8(4-5-15-11)16-6-17-10/h1-3,6H,4-5H2,(H,16,17). The van der Waals surface area contributed by atoms with E-state index in [0.717, 1.165) is 28.5 Å². The van der Waals surface area contributed by atoms with Crippen molar-refractivity contribution in [2.75, 3.05) is 6.54 Å². The van der Waals surface area contributed by atoms with Gasteiger partial charge in [-0.2, -0.15) is 0 Å². The predicted octanol–water partition coefficient (Wildman–Crippen LogP) is 2.55. The molecule has 1 N–H and O–H groups in total. The maximum atomic E-state index is 13.7. The van der Waals surface area contributed by atoms with E-state index in [1.54, 1.807) is 12.4 Å². The van der Waals surface area contributed by atoms with Crippen molar-refractivity contribution in [3.05, 3.63) is 46.7 Å². The quantitative estimate of drug-likeness (QED) is 0.740. The minimum absolute atomic E-state index is 0.236. The zero-order valence-corrected chi connectivity index (χ0v) is 10.7. The van der Waals surface area contributed by atoms with Crippen molar-refractivity contribution in [2.24, 2.45) is 4.99 Å². The van der Waals surface area contributed by atoms with E-state index in [0.29, 0.717) is 16.8 Å². The Kier molecular flexibility index (Phi) is 2.25. The van der Waals surface area contributed by atoms with Crippen molar-refractivity contribution in [2.45, 2.75) is 6.42 Å². The molecular weight excluding hydrogens is 263 g/mol. The van der Waals surface area contributed by atoms with Crippen LogP contribution in [-0.2, 0) is 6.42 Å². The van der Waals surface area contributed by atoms with E-state index in [9.17, 15) is 4.39 Å². The molecule has 0 fully saturated rings. The summed E-state index contributed by atoms with van der Waals surface area (Å²) in [5.74, 6) is -0.236. The average molecular weight is 272 g/mol. The van der Waals surface area contributed by atoms with Gasteiger partial charge in [0.15, 0.2) is 0 Å². The first-order chi connectivity index (χ1) is 9.33. The van der Waals surface area contributed by atoms with E-state index in [2.05, 4.69) is 19.9 Å². The zero-order valence-electron chi connectivity index (χ0n) is 9.85. The maximum Gasteiger partial charge on any atom is 0.145 e. The molecule has 0 saturated carbocycles. The lowest BCUT2D eigenvalue weighted by Gasteiger charge is -2.08. The molecule has 3 aromatic rings. The fourth-order valence-corrected chi connectivity index (χ4v) is 3.23. The summed E-state index contributed by atoms with van der Waals surface area (Å²) in [4.78, 5) is 16.4. The van der Waals surface area contributed by atoms with Crippen molar-refractivity contribution in [1.29, 1.82) is 0 Å². The van der Waals surface area contributed by atoms with E-state index in [1.165, 1.54) is 17.4 Å². The first-order valence-corrected chi connectivity index (χ1v) is 6.77. The normalized spacial score (nSPS) is 14.5. The van der Waals surface area contributed by atoms with Gasteiger partial charge in [-0.25, -0.2) is 14.4 Å². The lowest BCUT2D eigenvalue weighted by atomic mass is 10.1. The fourth-order valence-electron chi connectivity index (χ4n) is 2.26. The molecule has 4 rings (SSSR count). The molecule has 19 heavy (non-hydrogen) atoms. The Morgan fingerprint density at radius 1 is 1.32 bits per heavy atom. The number of imidazole rings is 1. The molecular formula is C13H9FN4S. The number of nitrogens with zero attached hydrogens (tertiary/aromatic N) is 3. The van der Waals surface area contributed by atoms with Gasteiger partial charge in [0.2, 0.25) is 0 Å². The number of aromatic nitrogens is 3. The second-order valence-electron chi connectivity index (χ2n) is 4.32. The van der Waals surface area contributed by atoms with E-state index in [4.69, 9.17) is 0 Å². The number of benzene rings is 1. The molecule has 0 atom stereocenters. The van der Waals surface area contributed by atoms with Gasteiger partial charge in [-0.1, -0.05) is 6.07 Å². The van der Waals surface area contributed by atoms with Gasteiger partial charge in [0.25, 0.3) is 0 Å². The highest BCUT2D eigenvalue weighted by molar-refractivity contribution is 7.20. The molecule has 0 bridgehead atoms. The van der Waals surface area contributed by atoms with Crippen LogP contribution < -0.4 is 0 Å². The maximum absolute atomic E-state index is 13.7. The van der Waals surface area contributed by atoms with Crippen LogP contribution >= 0.6 is 11.3 Å².